The maximum atomic E-state index is 13.1. The Morgan fingerprint density at radius 3 is 2.43 bits per heavy atom. The smallest absolute Gasteiger partial charge is 0.378 e. The van der Waals surface area contributed by atoms with Crippen LogP contribution in [0.5, 0.6) is 0 Å². The minimum atomic E-state index is -3.96. The molecule has 1 N–H and O–H groups in total. The van der Waals surface area contributed by atoms with Gasteiger partial charge in [0.05, 0.1) is 5.41 Å². The lowest BCUT2D eigenvalue weighted by Crippen LogP contribution is -2.55. The van der Waals surface area contributed by atoms with Crippen LogP contribution in [0.3, 0.4) is 0 Å². The molecule has 4 saturated carbocycles. The summed E-state index contributed by atoms with van der Waals surface area (Å²) in [6, 6.07) is 0. The van der Waals surface area contributed by atoms with Gasteiger partial charge in [0.2, 0.25) is 11.1 Å². The van der Waals surface area contributed by atoms with E-state index in [-0.39, 0.29) is 23.5 Å². The minimum absolute atomic E-state index is 0.156. The molecule has 4 bridgehead atoms. The Balaban J connectivity index is 1.71. The topological polar surface area (TPSA) is 80.7 Å². The van der Waals surface area contributed by atoms with Gasteiger partial charge in [-0.05, 0) is 38.0 Å². The Morgan fingerprint density at radius 2 is 1.90 bits per heavy atom. The Bertz CT molecular complexity index is 503. The molecule has 4 aliphatic rings. The first-order valence-corrected chi connectivity index (χ1v) is 8.04. The fourth-order valence-corrected chi connectivity index (χ4v) is 4.51. The van der Waals surface area contributed by atoms with Crippen molar-refractivity contribution in [2.24, 2.45) is 23.2 Å². The standard InChI is InChI=1S/C13H16F2O5S/c14-13(15,21(18)19)6-20-11(17)12-3-7-1-8(4-12)10(16)9(2-7)5-12/h7-9H,1-6H2,(H,18,19). The quantitative estimate of drug-likeness (QED) is 0.630. The lowest BCUT2D eigenvalue weighted by molar-refractivity contribution is -0.178. The second kappa shape index (κ2) is 4.81. The summed E-state index contributed by atoms with van der Waals surface area (Å²) in [6.45, 7) is -1.40. The van der Waals surface area contributed by atoms with Crippen LogP contribution in [-0.4, -0.2) is 32.4 Å². The molecular formula is C13H16F2O5S. The highest BCUT2D eigenvalue weighted by Crippen LogP contribution is 2.59. The second-order valence-electron chi connectivity index (χ2n) is 6.49. The van der Waals surface area contributed by atoms with Crippen LogP contribution in [0.4, 0.5) is 8.78 Å². The molecule has 3 atom stereocenters. The summed E-state index contributed by atoms with van der Waals surface area (Å²) in [7, 11) is 0. The number of ketones is 1. The number of carbonyl (C=O) groups is 2. The van der Waals surface area contributed by atoms with Crippen LogP contribution in [0, 0.1) is 23.2 Å². The number of rotatable bonds is 4. The average Bonchev–Trinajstić information content (AvgIpc) is 2.41. The molecule has 0 radical (unpaired) electrons. The van der Waals surface area contributed by atoms with E-state index in [9.17, 15) is 22.6 Å². The molecule has 0 spiro atoms. The lowest BCUT2D eigenvalue weighted by Gasteiger charge is -2.53. The fraction of sp³-hybridized carbons (Fsp3) is 0.846. The Hall–Kier alpha value is -0.890. The van der Waals surface area contributed by atoms with E-state index < -0.39 is 34.3 Å². The van der Waals surface area contributed by atoms with Crippen molar-refractivity contribution in [2.75, 3.05) is 6.61 Å². The second-order valence-corrected chi connectivity index (χ2v) is 7.58. The first-order valence-electron chi connectivity index (χ1n) is 6.93. The number of esters is 1. The molecule has 5 nitrogen and oxygen atoms in total. The van der Waals surface area contributed by atoms with Gasteiger partial charge in [-0.25, -0.2) is 4.21 Å². The summed E-state index contributed by atoms with van der Waals surface area (Å²) < 4.78 is 49.7. The van der Waals surface area contributed by atoms with E-state index in [1.54, 1.807) is 0 Å². The normalized spacial score (nSPS) is 39.4. The number of hydrogen-bond acceptors (Lipinski definition) is 4. The van der Waals surface area contributed by atoms with Crippen molar-refractivity contribution >= 4 is 22.8 Å². The van der Waals surface area contributed by atoms with Crippen molar-refractivity contribution in [3.8, 4) is 0 Å². The van der Waals surface area contributed by atoms with Crippen LogP contribution in [-0.2, 0) is 25.4 Å². The summed E-state index contributed by atoms with van der Waals surface area (Å²) in [5.41, 5.74) is -0.850. The molecule has 118 valence electrons. The summed E-state index contributed by atoms with van der Waals surface area (Å²) in [5, 5.41) is -3.96. The van der Waals surface area contributed by atoms with Crippen molar-refractivity contribution in [3.63, 3.8) is 0 Å². The largest absolute Gasteiger partial charge is 0.458 e. The third-order valence-electron chi connectivity index (χ3n) is 5.05. The van der Waals surface area contributed by atoms with Crippen LogP contribution < -0.4 is 0 Å². The number of halogens is 2. The highest BCUT2D eigenvalue weighted by Gasteiger charge is 2.59. The summed E-state index contributed by atoms with van der Waals surface area (Å²) in [4.78, 5) is 24.2. The summed E-state index contributed by atoms with van der Waals surface area (Å²) in [5.74, 6) is -0.594. The molecule has 4 rings (SSSR count). The number of ether oxygens (including phenoxy) is 1. The Morgan fingerprint density at radius 1 is 1.33 bits per heavy atom. The molecule has 0 heterocycles. The Labute approximate surface area is 122 Å². The van der Waals surface area contributed by atoms with Crippen LogP contribution in [0.25, 0.3) is 0 Å². The highest BCUT2D eigenvalue weighted by molar-refractivity contribution is 7.80. The van der Waals surface area contributed by atoms with Crippen molar-refractivity contribution in [1.29, 1.82) is 0 Å². The molecule has 0 aliphatic heterocycles. The van der Waals surface area contributed by atoms with Gasteiger partial charge >= 0.3 is 11.2 Å². The van der Waals surface area contributed by atoms with E-state index >= 15 is 0 Å². The SMILES string of the molecule is O=C1C2CC3CC1CC(C(=O)OCC(F)(F)S(=O)O)(C3)C2. The van der Waals surface area contributed by atoms with Crippen LogP contribution >= 0.6 is 0 Å². The first-order chi connectivity index (χ1) is 9.73. The van der Waals surface area contributed by atoms with Gasteiger partial charge in [0.1, 0.15) is 5.78 Å². The maximum Gasteiger partial charge on any atom is 0.378 e. The van der Waals surface area contributed by atoms with Gasteiger partial charge in [0.25, 0.3) is 0 Å². The van der Waals surface area contributed by atoms with Crippen molar-refractivity contribution in [2.45, 2.75) is 37.4 Å². The number of hydrogen-bond donors (Lipinski definition) is 1. The third kappa shape index (κ3) is 2.42. The molecule has 0 aromatic rings. The molecule has 0 aromatic heterocycles. The van der Waals surface area contributed by atoms with Crippen molar-refractivity contribution in [1.82, 2.24) is 0 Å². The van der Waals surface area contributed by atoms with E-state index in [0.29, 0.717) is 19.3 Å². The number of Topliss-reactive ketones (excluding diaryl/α,β-unsaturated/α-hetero) is 1. The summed E-state index contributed by atoms with van der Waals surface area (Å²) >= 11 is -3.37. The van der Waals surface area contributed by atoms with E-state index in [0.717, 1.165) is 12.8 Å². The lowest BCUT2D eigenvalue weighted by atomic mass is 9.49. The van der Waals surface area contributed by atoms with Gasteiger partial charge < -0.3 is 9.29 Å². The third-order valence-corrected chi connectivity index (χ3v) is 5.68. The zero-order chi connectivity index (χ0) is 15.4. The molecule has 0 aromatic carbocycles. The maximum absolute atomic E-state index is 13.1. The number of carbonyl (C=O) groups excluding carboxylic acids is 2. The van der Waals surface area contributed by atoms with E-state index in [1.807, 2.05) is 0 Å². The van der Waals surface area contributed by atoms with Gasteiger partial charge in [0, 0.05) is 11.8 Å². The highest BCUT2D eigenvalue weighted by atomic mass is 32.2. The fourth-order valence-electron chi connectivity index (χ4n) is 4.35. The van der Waals surface area contributed by atoms with Gasteiger partial charge in [-0.1, -0.05) is 0 Å². The van der Waals surface area contributed by atoms with Gasteiger partial charge in [-0.15, -0.1) is 0 Å². The molecule has 4 aliphatic carbocycles. The molecule has 0 amide bonds. The zero-order valence-corrected chi connectivity index (χ0v) is 12.0. The van der Waals surface area contributed by atoms with E-state index in [4.69, 9.17) is 4.55 Å². The van der Waals surface area contributed by atoms with Crippen LogP contribution in [0.2, 0.25) is 0 Å². The molecule has 8 heteroatoms. The predicted molar refractivity (Wildman–Crippen MR) is 67.7 cm³/mol. The van der Waals surface area contributed by atoms with E-state index in [1.165, 1.54) is 0 Å². The van der Waals surface area contributed by atoms with Gasteiger partial charge in [0.15, 0.2) is 6.61 Å². The molecule has 3 unspecified atom stereocenters. The van der Waals surface area contributed by atoms with Crippen LogP contribution in [0.1, 0.15) is 32.1 Å². The monoisotopic (exact) mass is 322 g/mol. The molecule has 21 heavy (non-hydrogen) atoms. The van der Waals surface area contributed by atoms with Crippen molar-refractivity contribution in [3.05, 3.63) is 0 Å². The molecular weight excluding hydrogens is 306 g/mol. The summed E-state index contributed by atoms with van der Waals surface area (Å²) in [6.07, 6.45) is 2.86. The minimum Gasteiger partial charge on any atom is -0.458 e. The Kier molecular flexibility index (Phi) is 3.44. The average molecular weight is 322 g/mol. The zero-order valence-electron chi connectivity index (χ0n) is 11.2. The number of alkyl halides is 2. The predicted octanol–water partition coefficient (Wildman–Crippen LogP) is 1.74. The van der Waals surface area contributed by atoms with E-state index in [2.05, 4.69) is 4.74 Å². The van der Waals surface area contributed by atoms with Crippen molar-refractivity contribution < 1.29 is 31.9 Å². The van der Waals surface area contributed by atoms with Gasteiger partial charge in [-0.2, -0.15) is 8.78 Å². The molecule has 4 fully saturated rings. The molecule has 0 saturated heterocycles. The first kappa shape index (κ1) is 15.0. The van der Waals surface area contributed by atoms with Crippen LogP contribution in [0.15, 0.2) is 0 Å². The van der Waals surface area contributed by atoms with Gasteiger partial charge in [-0.3, -0.25) is 9.59 Å².